The molecule has 0 amide bonds. The Morgan fingerprint density at radius 2 is 1.63 bits per heavy atom. The lowest BCUT2D eigenvalue weighted by Crippen LogP contribution is -2.06. The largest absolute Gasteiger partial charge is 0.299 e. The number of hydrogen-bond donors (Lipinski definition) is 0. The van der Waals surface area contributed by atoms with Crippen molar-refractivity contribution in [3.05, 3.63) is 93.0 Å². The van der Waals surface area contributed by atoms with Crippen LogP contribution in [0.1, 0.15) is 30.5 Å². The van der Waals surface area contributed by atoms with Crippen molar-refractivity contribution in [1.82, 2.24) is 4.98 Å². The monoisotopic (exact) mass is 436 g/mol. The molecule has 0 saturated carbocycles. The van der Waals surface area contributed by atoms with E-state index in [0.717, 1.165) is 28.7 Å². The van der Waals surface area contributed by atoms with Crippen molar-refractivity contribution in [2.45, 2.75) is 33.1 Å². The van der Waals surface area contributed by atoms with Crippen molar-refractivity contribution in [1.29, 1.82) is 0 Å². The first-order valence-corrected chi connectivity index (χ1v) is 10.5. The van der Waals surface area contributed by atoms with Crippen LogP contribution in [-0.2, 0) is 24.1 Å². The van der Waals surface area contributed by atoms with E-state index in [1.165, 1.54) is 0 Å². The van der Waals surface area contributed by atoms with E-state index in [4.69, 9.17) is 29.8 Å². The summed E-state index contributed by atoms with van der Waals surface area (Å²) in [6.07, 6.45) is 4.79. The fourth-order valence-electron chi connectivity index (χ4n) is 3.46. The third-order valence-electron chi connectivity index (χ3n) is 4.78. The van der Waals surface area contributed by atoms with Crippen LogP contribution in [-0.4, -0.2) is 10.8 Å². The number of pyridine rings is 1. The molecule has 1 heterocycles. The molecule has 3 aromatic rings. The lowest BCUT2D eigenvalue weighted by atomic mass is 9.96. The topological polar surface area (TPSA) is 34.3 Å². The Hall–Kier alpha value is -2.67. The highest BCUT2D eigenvalue weighted by molar-refractivity contribution is 6.39. The maximum absolute atomic E-state index is 12.4. The summed E-state index contributed by atoms with van der Waals surface area (Å²) in [5.41, 5.74) is 4.83. The van der Waals surface area contributed by atoms with Gasteiger partial charge in [0.1, 0.15) is 5.78 Å². The van der Waals surface area contributed by atoms with Gasteiger partial charge in [0.15, 0.2) is 5.69 Å². The minimum atomic E-state index is 0.0782. The van der Waals surface area contributed by atoms with Crippen molar-refractivity contribution in [3.63, 3.8) is 0 Å². The molecule has 0 fully saturated rings. The van der Waals surface area contributed by atoms with Crippen LogP contribution < -0.4 is 0 Å². The third kappa shape index (κ3) is 5.48. The van der Waals surface area contributed by atoms with Gasteiger partial charge < -0.3 is 0 Å². The van der Waals surface area contributed by atoms with Gasteiger partial charge in [0.25, 0.3) is 0 Å². The molecule has 152 valence electrons. The molecular weight excluding hydrogens is 415 g/mol. The van der Waals surface area contributed by atoms with E-state index < -0.39 is 0 Å². The summed E-state index contributed by atoms with van der Waals surface area (Å²) in [5, 5.41) is 0.948. The molecule has 0 radical (unpaired) electrons. The van der Waals surface area contributed by atoms with Gasteiger partial charge in [0.2, 0.25) is 0 Å². The molecule has 0 unspecified atom stereocenters. The number of rotatable bonds is 7. The van der Waals surface area contributed by atoms with Crippen LogP contribution in [0.2, 0.25) is 10.0 Å². The lowest BCUT2D eigenvalue weighted by Gasteiger charge is -2.13. The summed E-state index contributed by atoms with van der Waals surface area (Å²) in [5.74, 6) is 0.543. The Kier molecular flexibility index (Phi) is 7.26. The number of aromatic nitrogens is 1. The smallest absolute Gasteiger partial charge is 0.191 e. The predicted octanol–water partition coefficient (Wildman–Crippen LogP) is 7.16. The van der Waals surface area contributed by atoms with Gasteiger partial charge in [-0.15, -0.1) is 0 Å². The van der Waals surface area contributed by atoms with Gasteiger partial charge >= 0.3 is 0 Å². The fraction of sp³-hybridized carbons (Fsp3) is 0.240. The minimum Gasteiger partial charge on any atom is -0.299 e. The summed E-state index contributed by atoms with van der Waals surface area (Å²) < 4.78 is 0. The van der Waals surface area contributed by atoms with Crippen molar-refractivity contribution in [2.24, 2.45) is 5.92 Å². The highest BCUT2D eigenvalue weighted by Crippen LogP contribution is 2.38. The van der Waals surface area contributed by atoms with Gasteiger partial charge in [-0.1, -0.05) is 49.2 Å². The molecule has 3 nitrogen and oxygen atoms in total. The molecule has 0 saturated heterocycles. The highest BCUT2D eigenvalue weighted by Gasteiger charge is 2.15. The molecule has 0 N–H and O–H groups in total. The van der Waals surface area contributed by atoms with Gasteiger partial charge in [0.05, 0.1) is 16.6 Å². The normalized spacial score (nSPS) is 10.8. The first-order valence-electron chi connectivity index (χ1n) is 9.76. The van der Waals surface area contributed by atoms with Crippen LogP contribution in [0.5, 0.6) is 0 Å². The number of halogens is 2. The van der Waals surface area contributed by atoms with Crippen LogP contribution in [0.3, 0.4) is 0 Å². The Morgan fingerprint density at radius 3 is 2.23 bits per heavy atom. The Morgan fingerprint density at radius 1 is 1.00 bits per heavy atom. The molecule has 1 aromatic heterocycles. The first-order chi connectivity index (χ1) is 14.4. The molecular formula is C25H22Cl2N2O. The van der Waals surface area contributed by atoms with E-state index in [9.17, 15) is 4.79 Å². The number of benzene rings is 2. The van der Waals surface area contributed by atoms with E-state index >= 15 is 0 Å². The molecule has 2 aromatic carbocycles. The molecule has 0 aliphatic carbocycles. The average Bonchev–Trinajstić information content (AvgIpc) is 2.68. The van der Waals surface area contributed by atoms with Crippen molar-refractivity contribution >= 4 is 34.7 Å². The molecule has 0 bridgehead atoms. The van der Waals surface area contributed by atoms with E-state index in [2.05, 4.69) is 23.7 Å². The fourth-order valence-corrected chi connectivity index (χ4v) is 4.21. The number of carbonyl (C=O) groups excluding carboxylic acids is 1. The summed E-state index contributed by atoms with van der Waals surface area (Å²) in [6.45, 7) is 11.8. The predicted molar refractivity (Wildman–Crippen MR) is 123 cm³/mol. The highest BCUT2D eigenvalue weighted by atomic mass is 35.5. The van der Waals surface area contributed by atoms with Gasteiger partial charge in [-0.3, -0.25) is 9.78 Å². The number of Topliss-reactive ketones (excluding diaryl/α,β-unsaturated/α-hetero) is 1. The van der Waals surface area contributed by atoms with Crippen LogP contribution in [0, 0.1) is 12.5 Å². The average molecular weight is 437 g/mol. The summed E-state index contributed by atoms with van der Waals surface area (Å²) >= 11 is 13.1. The van der Waals surface area contributed by atoms with Crippen molar-refractivity contribution in [2.75, 3.05) is 0 Å². The lowest BCUT2D eigenvalue weighted by molar-refractivity contribution is -0.117. The minimum absolute atomic E-state index is 0.0782. The summed E-state index contributed by atoms with van der Waals surface area (Å²) in [4.78, 5) is 20.1. The van der Waals surface area contributed by atoms with Crippen LogP contribution in [0.25, 0.3) is 16.0 Å². The van der Waals surface area contributed by atoms with Crippen LogP contribution in [0.15, 0.2) is 54.9 Å². The second-order valence-electron chi connectivity index (χ2n) is 7.74. The Bertz CT molecular complexity index is 1080. The maximum atomic E-state index is 12.4. The zero-order chi connectivity index (χ0) is 21.7. The zero-order valence-electron chi connectivity index (χ0n) is 17.0. The number of carbonyl (C=O) groups is 1. The molecule has 5 heteroatoms. The van der Waals surface area contributed by atoms with E-state index in [1.54, 1.807) is 24.5 Å². The molecule has 0 atom stereocenters. The second-order valence-corrected chi connectivity index (χ2v) is 8.55. The van der Waals surface area contributed by atoms with E-state index in [1.807, 2.05) is 30.3 Å². The molecule has 3 rings (SSSR count). The van der Waals surface area contributed by atoms with Crippen LogP contribution in [0.4, 0.5) is 5.69 Å². The van der Waals surface area contributed by atoms with Gasteiger partial charge in [-0.2, -0.15) is 0 Å². The van der Waals surface area contributed by atoms with E-state index in [-0.39, 0.29) is 12.2 Å². The number of hydrogen-bond acceptors (Lipinski definition) is 2. The number of ketones is 1. The summed E-state index contributed by atoms with van der Waals surface area (Å²) in [7, 11) is 0. The van der Waals surface area contributed by atoms with Crippen LogP contribution >= 0.6 is 23.2 Å². The molecule has 0 spiro atoms. The summed E-state index contributed by atoms with van der Waals surface area (Å²) in [6, 6.07) is 13.0. The standard InChI is InChI=1S/C25H22Cl2N2O/c1-16(2)10-19-4-5-20(15-24(19)28-3)25-22(26)13-18(14-23(25)27)12-21(30)11-17-6-8-29-9-7-17/h4-9,13-16H,10-12H2,1-2H3. The maximum Gasteiger partial charge on any atom is 0.191 e. The molecule has 0 aliphatic heterocycles. The van der Waals surface area contributed by atoms with Gasteiger partial charge in [-0.05, 0) is 64.9 Å². The van der Waals surface area contributed by atoms with Crippen molar-refractivity contribution < 1.29 is 4.79 Å². The Balaban J connectivity index is 1.84. The van der Waals surface area contributed by atoms with Gasteiger partial charge in [0, 0.05) is 30.8 Å². The SMILES string of the molecule is [C-]#[N+]c1cc(-c2c(Cl)cc(CC(=O)Cc3ccncc3)cc2Cl)ccc1CC(C)C. The van der Waals surface area contributed by atoms with Gasteiger partial charge in [-0.25, -0.2) is 4.85 Å². The second kappa shape index (κ2) is 9.89. The first kappa shape index (κ1) is 22.0. The zero-order valence-corrected chi connectivity index (χ0v) is 18.5. The van der Waals surface area contributed by atoms with Crippen molar-refractivity contribution in [3.8, 4) is 11.1 Å². The molecule has 0 aliphatic rings. The quantitative estimate of drug-likeness (QED) is 0.368. The Labute approximate surface area is 187 Å². The third-order valence-corrected chi connectivity index (χ3v) is 5.37. The number of nitrogens with zero attached hydrogens (tertiary/aromatic N) is 2. The van der Waals surface area contributed by atoms with E-state index in [0.29, 0.717) is 33.6 Å². The molecule has 30 heavy (non-hydrogen) atoms.